The Morgan fingerprint density at radius 2 is 1.77 bits per heavy atom. The molecular weight excluding hydrogens is 472 g/mol. The Labute approximate surface area is 217 Å². The minimum Gasteiger partial charge on any atom is -0.444 e. The molecule has 0 aliphatic carbocycles. The van der Waals surface area contributed by atoms with Crippen LogP contribution in [-0.2, 0) is 4.74 Å². The maximum Gasteiger partial charge on any atom is 0.410 e. The molecule has 3 rings (SSSR count). The number of hydrogen-bond acceptors (Lipinski definition) is 5. The summed E-state index contributed by atoms with van der Waals surface area (Å²) in [6, 6.07) is 6.16. The Morgan fingerprint density at radius 1 is 1.14 bits per heavy atom. The number of fused-ring (bicyclic) bond motifs is 1. The third kappa shape index (κ3) is 5.77. The highest BCUT2D eigenvalue weighted by Gasteiger charge is 2.47. The van der Waals surface area contributed by atoms with Crippen LogP contribution in [0.1, 0.15) is 99.7 Å². The molecule has 5 nitrogen and oxygen atoms in total. The minimum absolute atomic E-state index is 0.0302. The van der Waals surface area contributed by atoms with Crippen LogP contribution < -0.4 is 4.63 Å². The summed E-state index contributed by atoms with van der Waals surface area (Å²) in [4.78, 5) is 20.0. The van der Waals surface area contributed by atoms with Gasteiger partial charge in [0.25, 0.3) is 0 Å². The first-order valence-corrected chi connectivity index (χ1v) is 16.4. The number of piperidine rings is 1. The summed E-state index contributed by atoms with van der Waals surface area (Å²) in [5.74, 6) is 0. The molecule has 0 unspecified atom stereocenters. The number of rotatable bonds is 7. The summed E-state index contributed by atoms with van der Waals surface area (Å²) in [6.07, 6.45) is 2.49. The lowest BCUT2D eigenvalue weighted by molar-refractivity contribution is 0.00245. The second kappa shape index (κ2) is 10.9. The zero-order valence-corrected chi connectivity index (χ0v) is 25.0. The van der Waals surface area contributed by atoms with Crippen molar-refractivity contribution < 1.29 is 14.6 Å². The van der Waals surface area contributed by atoms with E-state index in [-0.39, 0.29) is 12.1 Å². The van der Waals surface area contributed by atoms with Gasteiger partial charge in [0.2, 0.25) is 0 Å². The number of hydrogen-bond donors (Lipinski definition) is 1. The molecule has 1 saturated heterocycles. The Hall–Kier alpha value is -1.44. The lowest BCUT2D eigenvalue weighted by Gasteiger charge is -2.41. The summed E-state index contributed by atoms with van der Waals surface area (Å²) < 4.78 is 8.13. The molecule has 196 valence electrons. The van der Waals surface area contributed by atoms with Crippen molar-refractivity contribution in [3.05, 3.63) is 23.8 Å². The van der Waals surface area contributed by atoms with E-state index in [1.807, 2.05) is 49.1 Å². The maximum absolute atomic E-state index is 12.9. The standard InChI is InChI=1S/C28H46N2O3SSi/c1-18(2)35(19(3)4,20(5)6)26-29-25-22(14-12-15-24(25)34-26)23(31)17-21-13-10-11-16-30(21)27(32)33-28(7,8)9/h12,14-15,18-21,23,31H,10-11,13,16-17H2,1-9H3/t21-,23+/m1/s1. The van der Waals surface area contributed by atoms with Gasteiger partial charge in [0.1, 0.15) is 13.7 Å². The van der Waals surface area contributed by atoms with Gasteiger partial charge in [-0.3, -0.25) is 0 Å². The van der Waals surface area contributed by atoms with E-state index in [1.165, 1.54) is 4.63 Å². The Kier molecular flexibility index (Phi) is 8.76. The topological polar surface area (TPSA) is 62.7 Å². The van der Waals surface area contributed by atoms with Crippen LogP contribution in [0.2, 0.25) is 16.6 Å². The van der Waals surface area contributed by atoms with Gasteiger partial charge in [0.15, 0.2) is 0 Å². The molecule has 2 atom stereocenters. The average Bonchev–Trinajstić information content (AvgIpc) is 3.16. The highest BCUT2D eigenvalue weighted by atomic mass is 32.1. The summed E-state index contributed by atoms with van der Waals surface area (Å²) in [5, 5.41) is 11.4. The number of amides is 1. The lowest BCUT2D eigenvalue weighted by Crippen LogP contribution is -2.55. The number of benzene rings is 1. The molecule has 7 heteroatoms. The van der Waals surface area contributed by atoms with E-state index in [0.29, 0.717) is 29.6 Å². The molecule has 1 aromatic heterocycles. The van der Waals surface area contributed by atoms with E-state index in [2.05, 4.69) is 47.6 Å². The number of nitrogens with zero attached hydrogens (tertiary/aromatic N) is 2. The molecule has 1 amide bonds. The van der Waals surface area contributed by atoms with Crippen molar-refractivity contribution in [3.63, 3.8) is 0 Å². The van der Waals surface area contributed by atoms with Crippen LogP contribution in [0, 0.1) is 0 Å². The molecule has 1 aliphatic heterocycles. The highest BCUT2D eigenvalue weighted by molar-refractivity contribution is 7.31. The third-order valence-electron chi connectivity index (χ3n) is 7.80. The van der Waals surface area contributed by atoms with Gasteiger partial charge >= 0.3 is 6.09 Å². The Balaban J connectivity index is 1.94. The first-order chi connectivity index (χ1) is 16.3. The van der Waals surface area contributed by atoms with Gasteiger partial charge in [-0.05, 0) is 69.1 Å². The molecule has 0 bridgehead atoms. The number of thiazole rings is 1. The predicted octanol–water partition coefficient (Wildman–Crippen LogP) is 7.40. The largest absolute Gasteiger partial charge is 0.444 e. The number of likely N-dealkylation sites (tertiary alicyclic amines) is 1. The number of aromatic nitrogens is 1. The summed E-state index contributed by atoms with van der Waals surface area (Å²) in [6.45, 7) is 20.6. The number of aliphatic hydroxyl groups is 1. The molecule has 2 heterocycles. The quantitative estimate of drug-likeness (QED) is 0.388. The normalized spacial score (nSPS) is 18.7. The zero-order chi connectivity index (χ0) is 26.1. The van der Waals surface area contributed by atoms with Crippen molar-refractivity contribution >= 4 is 40.4 Å². The summed E-state index contributed by atoms with van der Waals surface area (Å²) in [7, 11) is -1.88. The number of carbonyl (C=O) groups excluding carboxylic acids is 1. The van der Waals surface area contributed by atoms with Gasteiger partial charge in [-0.2, -0.15) is 0 Å². The monoisotopic (exact) mass is 518 g/mol. The van der Waals surface area contributed by atoms with Crippen molar-refractivity contribution in [1.29, 1.82) is 0 Å². The first-order valence-electron chi connectivity index (χ1n) is 13.4. The second-order valence-corrected chi connectivity index (χ2v) is 19.4. The molecule has 1 N–H and O–H groups in total. The van der Waals surface area contributed by atoms with E-state index in [1.54, 1.807) is 0 Å². The smallest absolute Gasteiger partial charge is 0.410 e. The summed E-state index contributed by atoms with van der Waals surface area (Å²) in [5.41, 5.74) is 3.06. The molecular formula is C28H46N2O3SSi. The third-order valence-corrected chi connectivity index (χ3v) is 16.6. The predicted molar refractivity (Wildman–Crippen MR) is 150 cm³/mol. The van der Waals surface area contributed by atoms with Crippen LogP contribution >= 0.6 is 11.3 Å². The van der Waals surface area contributed by atoms with Crippen LogP contribution in [0.15, 0.2) is 18.2 Å². The molecule has 1 fully saturated rings. The SMILES string of the molecule is CC(C)[Si](c1nc2c([C@@H](O)C[C@H]3CCCCN3C(=O)OC(C)(C)C)cccc2s1)(C(C)C)C(C)C. The van der Waals surface area contributed by atoms with Gasteiger partial charge in [0, 0.05) is 18.2 Å². The number of aliphatic hydroxyl groups excluding tert-OH is 1. The van der Waals surface area contributed by atoms with Crippen LogP contribution in [0.3, 0.4) is 0 Å². The van der Waals surface area contributed by atoms with Crippen molar-refractivity contribution in [2.24, 2.45) is 0 Å². The van der Waals surface area contributed by atoms with Crippen LogP contribution in [0.4, 0.5) is 4.79 Å². The van der Waals surface area contributed by atoms with Crippen molar-refractivity contribution in [1.82, 2.24) is 9.88 Å². The van der Waals surface area contributed by atoms with E-state index in [0.717, 1.165) is 35.0 Å². The number of ether oxygens (including phenoxy) is 1. The van der Waals surface area contributed by atoms with Crippen molar-refractivity contribution in [3.8, 4) is 0 Å². The first kappa shape index (κ1) is 28.1. The summed E-state index contributed by atoms with van der Waals surface area (Å²) >= 11 is 1.83. The van der Waals surface area contributed by atoms with Gasteiger partial charge in [-0.25, -0.2) is 9.78 Å². The number of carbonyl (C=O) groups is 1. The van der Waals surface area contributed by atoms with E-state index in [4.69, 9.17) is 9.72 Å². The van der Waals surface area contributed by atoms with Crippen molar-refractivity contribution in [2.45, 2.75) is 122 Å². The van der Waals surface area contributed by atoms with Gasteiger partial charge < -0.3 is 14.7 Å². The van der Waals surface area contributed by atoms with Crippen molar-refractivity contribution in [2.75, 3.05) is 6.54 Å². The van der Waals surface area contributed by atoms with Gasteiger partial charge in [-0.15, -0.1) is 11.3 Å². The highest BCUT2D eigenvalue weighted by Crippen LogP contribution is 2.43. The van der Waals surface area contributed by atoms with E-state index < -0.39 is 19.8 Å². The fourth-order valence-corrected chi connectivity index (χ4v) is 16.1. The lowest BCUT2D eigenvalue weighted by atomic mass is 9.94. The van der Waals surface area contributed by atoms with Crippen LogP contribution in [0.5, 0.6) is 0 Å². The fourth-order valence-electron chi connectivity index (χ4n) is 6.36. The minimum atomic E-state index is -1.88. The zero-order valence-electron chi connectivity index (χ0n) is 23.2. The second-order valence-electron chi connectivity index (χ2n) is 12.2. The van der Waals surface area contributed by atoms with Gasteiger partial charge in [-0.1, -0.05) is 53.7 Å². The Bertz CT molecular complexity index is 990. The van der Waals surface area contributed by atoms with Crippen LogP contribution in [-0.4, -0.2) is 47.3 Å². The van der Waals surface area contributed by atoms with E-state index in [9.17, 15) is 9.90 Å². The molecule has 1 aliphatic rings. The van der Waals surface area contributed by atoms with E-state index >= 15 is 0 Å². The van der Waals surface area contributed by atoms with Crippen LogP contribution in [0.25, 0.3) is 10.2 Å². The average molecular weight is 519 g/mol. The maximum atomic E-state index is 12.9. The number of para-hydroxylation sites is 1. The fraction of sp³-hybridized carbons (Fsp3) is 0.714. The molecule has 35 heavy (non-hydrogen) atoms. The Morgan fingerprint density at radius 3 is 2.34 bits per heavy atom. The molecule has 0 saturated carbocycles. The molecule has 0 spiro atoms. The van der Waals surface area contributed by atoms with Gasteiger partial charge in [0.05, 0.1) is 21.0 Å². The molecule has 0 radical (unpaired) electrons. The molecule has 1 aromatic carbocycles. The molecule has 2 aromatic rings.